The topological polar surface area (TPSA) is 91.0 Å². The zero-order chi connectivity index (χ0) is 25.6. The second kappa shape index (κ2) is 11.3. The molecule has 0 spiro atoms. The standard InChI is InChI=1S/C27H36N4O4/c1-6-30(7-2)25(33)20-11-13-21(14-12-20)28-24(32)18-31-16-8-9-19-10-15-22(17-23(19)31)29-26(34)35-27(3,4)5/h10-15,17H,6-9,16,18H2,1-5H3,(H,28,32)(H,29,34). The van der Waals surface area contributed by atoms with Gasteiger partial charge in [0, 0.05) is 42.3 Å². The molecule has 0 bridgehead atoms. The number of carbonyl (C=O) groups is 3. The van der Waals surface area contributed by atoms with Crippen LogP contribution in [0.25, 0.3) is 0 Å². The first-order chi connectivity index (χ1) is 16.6. The van der Waals surface area contributed by atoms with Crippen molar-refractivity contribution in [3.8, 4) is 0 Å². The number of benzene rings is 2. The summed E-state index contributed by atoms with van der Waals surface area (Å²) in [5.74, 6) is -0.167. The lowest BCUT2D eigenvalue weighted by atomic mass is 10.0. The Morgan fingerprint density at radius 3 is 2.26 bits per heavy atom. The summed E-state index contributed by atoms with van der Waals surface area (Å²) in [6.45, 7) is 11.6. The first-order valence-electron chi connectivity index (χ1n) is 12.2. The van der Waals surface area contributed by atoms with E-state index in [-0.39, 0.29) is 18.4 Å². The van der Waals surface area contributed by atoms with Crippen molar-refractivity contribution in [1.82, 2.24) is 4.90 Å². The average Bonchev–Trinajstić information content (AvgIpc) is 2.79. The molecule has 0 fully saturated rings. The SMILES string of the molecule is CCN(CC)C(=O)c1ccc(NC(=O)CN2CCCc3ccc(NC(=O)OC(C)(C)C)cc32)cc1. The minimum atomic E-state index is -0.584. The monoisotopic (exact) mass is 480 g/mol. The molecule has 1 heterocycles. The van der Waals surface area contributed by atoms with Gasteiger partial charge >= 0.3 is 6.09 Å². The molecule has 2 aromatic rings. The molecule has 0 aromatic heterocycles. The Bertz CT molecular complexity index is 1060. The van der Waals surface area contributed by atoms with E-state index >= 15 is 0 Å². The summed E-state index contributed by atoms with van der Waals surface area (Å²) in [7, 11) is 0. The largest absolute Gasteiger partial charge is 0.444 e. The van der Waals surface area contributed by atoms with Crippen molar-refractivity contribution in [3.63, 3.8) is 0 Å². The van der Waals surface area contributed by atoms with Crippen LogP contribution in [0.5, 0.6) is 0 Å². The van der Waals surface area contributed by atoms with Gasteiger partial charge in [-0.15, -0.1) is 0 Å². The van der Waals surface area contributed by atoms with E-state index in [1.807, 2.05) is 57.7 Å². The number of nitrogens with one attached hydrogen (secondary N) is 2. The highest BCUT2D eigenvalue weighted by Gasteiger charge is 2.21. The van der Waals surface area contributed by atoms with E-state index in [1.165, 1.54) is 0 Å². The second-order valence-electron chi connectivity index (χ2n) is 9.60. The fraction of sp³-hybridized carbons (Fsp3) is 0.444. The Morgan fingerprint density at radius 2 is 1.63 bits per heavy atom. The van der Waals surface area contributed by atoms with Crippen LogP contribution in [0.2, 0.25) is 0 Å². The second-order valence-corrected chi connectivity index (χ2v) is 9.60. The zero-order valence-corrected chi connectivity index (χ0v) is 21.3. The molecule has 0 radical (unpaired) electrons. The molecule has 2 N–H and O–H groups in total. The molecule has 3 amide bonds. The van der Waals surface area contributed by atoms with Crippen LogP contribution < -0.4 is 15.5 Å². The van der Waals surface area contributed by atoms with E-state index < -0.39 is 11.7 Å². The lowest BCUT2D eigenvalue weighted by Gasteiger charge is -2.31. The van der Waals surface area contributed by atoms with Crippen molar-refractivity contribution in [2.45, 2.75) is 53.1 Å². The maximum atomic E-state index is 12.8. The van der Waals surface area contributed by atoms with Crippen molar-refractivity contribution in [3.05, 3.63) is 53.6 Å². The summed E-state index contributed by atoms with van der Waals surface area (Å²) < 4.78 is 5.34. The van der Waals surface area contributed by atoms with Crippen LogP contribution in [-0.4, -0.2) is 54.6 Å². The molecule has 8 heteroatoms. The summed E-state index contributed by atoms with van der Waals surface area (Å²) in [6, 6.07) is 12.7. The summed E-state index contributed by atoms with van der Waals surface area (Å²) >= 11 is 0. The lowest BCUT2D eigenvalue weighted by molar-refractivity contribution is -0.115. The van der Waals surface area contributed by atoms with E-state index in [2.05, 4.69) is 10.6 Å². The van der Waals surface area contributed by atoms with Crippen molar-refractivity contribution in [1.29, 1.82) is 0 Å². The molecule has 3 rings (SSSR count). The number of rotatable bonds is 7. The number of nitrogens with zero attached hydrogens (tertiary/aromatic N) is 2. The molecule has 0 saturated heterocycles. The van der Waals surface area contributed by atoms with Crippen molar-refractivity contribution in [2.24, 2.45) is 0 Å². The van der Waals surface area contributed by atoms with Crippen molar-refractivity contribution in [2.75, 3.05) is 41.7 Å². The van der Waals surface area contributed by atoms with Crippen molar-refractivity contribution < 1.29 is 19.1 Å². The number of fused-ring (bicyclic) bond motifs is 1. The third-order valence-corrected chi connectivity index (χ3v) is 5.75. The van der Waals surface area contributed by atoms with E-state index in [1.54, 1.807) is 29.2 Å². The van der Waals surface area contributed by atoms with Gasteiger partial charge in [-0.25, -0.2) is 4.79 Å². The molecule has 1 aliphatic rings. The molecule has 1 aliphatic heterocycles. The molecular weight excluding hydrogens is 444 g/mol. The van der Waals surface area contributed by atoms with Crippen LogP contribution in [0.1, 0.15) is 57.0 Å². The number of anilines is 3. The van der Waals surface area contributed by atoms with Gasteiger partial charge in [-0.05, 0) is 89.4 Å². The molecule has 0 saturated carbocycles. The van der Waals surface area contributed by atoms with Gasteiger partial charge < -0.3 is 19.9 Å². The van der Waals surface area contributed by atoms with E-state index in [0.717, 1.165) is 30.6 Å². The van der Waals surface area contributed by atoms with E-state index in [0.29, 0.717) is 30.0 Å². The van der Waals surface area contributed by atoms with Crippen LogP contribution in [0.15, 0.2) is 42.5 Å². The first-order valence-corrected chi connectivity index (χ1v) is 12.2. The summed E-state index contributed by atoms with van der Waals surface area (Å²) in [5.41, 5.74) is 3.35. The van der Waals surface area contributed by atoms with Gasteiger partial charge in [0.2, 0.25) is 5.91 Å². The fourth-order valence-corrected chi connectivity index (χ4v) is 4.08. The fourth-order valence-electron chi connectivity index (χ4n) is 4.08. The molecule has 0 atom stereocenters. The minimum absolute atomic E-state index is 0.0198. The van der Waals surface area contributed by atoms with Gasteiger partial charge in [-0.2, -0.15) is 0 Å². The number of hydrogen-bond acceptors (Lipinski definition) is 5. The zero-order valence-electron chi connectivity index (χ0n) is 21.3. The number of aryl methyl sites for hydroxylation is 1. The molecule has 35 heavy (non-hydrogen) atoms. The summed E-state index contributed by atoms with van der Waals surface area (Å²) in [5, 5.41) is 5.69. The van der Waals surface area contributed by atoms with Crippen LogP contribution in [0.4, 0.5) is 21.9 Å². The first kappa shape index (κ1) is 26.1. The molecule has 2 aromatic carbocycles. The highest BCUT2D eigenvalue weighted by molar-refractivity contribution is 5.97. The molecule has 8 nitrogen and oxygen atoms in total. The Kier molecular flexibility index (Phi) is 8.38. The Morgan fingerprint density at radius 1 is 0.971 bits per heavy atom. The number of ether oxygens (including phenoxy) is 1. The van der Waals surface area contributed by atoms with Crippen LogP contribution in [0.3, 0.4) is 0 Å². The normalized spacial score (nSPS) is 13.0. The quantitative estimate of drug-likeness (QED) is 0.588. The van der Waals surface area contributed by atoms with Gasteiger partial charge in [0.25, 0.3) is 5.91 Å². The maximum absolute atomic E-state index is 12.8. The van der Waals surface area contributed by atoms with Crippen LogP contribution in [0, 0.1) is 0 Å². The maximum Gasteiger partial charge on any atom is 0.412 e. The molecular formula is C27H36N4O4. The lowest BCUT2D eigenvalue weighted by Crippen LogP contribution is -2.37. The third-order valence-electron chi connectivity index (χ3n) is 5.75. The molecule has 0 aliphatic carbocycles. The predicted molar refractivity (Wildman–Crippen MR) is 139 cm³/mol. The minimum Gasteiger partial charge on any atom is -0.444 e. The Hall–Kier alpha value is -3.55. The van der Waals surface area contributed by atoms with E-state index in [9.17, 15) is 14.4 Å². The van der Waals surface area contributed by atoms with Gasteiger partial charge in [0.15, 0.2) is 0 Å². The molecule has 0 unspecified atom stereocenters. The summed E-state index contributed by atoms with van der Waals surface area (Å²) in [6.07, 6.45) is 1.35. The van der Waals surface area contributed by atoms with Gasteiger partial charge in [0.1, 0.15) is 5.60 Å². The highest BCUT2D eigenvalue weighted by atomic mass is 16.6. The highest BCUT2D eigenvalue weighted by Crippen LogP contribution is 2.30. The Labute approximate surface area is 207 Å². The smallest absolute Gasteiger partial charge is 0.412 e. The number of carbonyl (C=O) groups excluding carboxylic acids is 3. The van der Waals surface area contributed by atoms with E-state index in [4.69, 9.17) is 4.74 Å². The van der Waals surface area contributed by atoms with Gasteiger partial charge in [-0.1, -0.05) is 6.07 Å². The van der Waals surface area contributed by atoms with Gasteiger partial charge in [-0.3, -0.25) is 14.9 Å². The third kappa shape index (κ3) is 7.21. The average molecular weight is 481 g/mol. The number of amides is 3. The molecule has 188 valence electrons. The predicted octanol–water partition coefficient (Wildman–Crippen LogP) is 4.91. The van der Waals surface area contributed by atoms with Crippen LogP contribution >= 0.6 is 0 Å². The van der Waals surface area contributed by atoms with Gasteiger partial charge in [0.05, 0.1) is 6.54 Å². The summed E-state index contributed by atoms with van der Waals surface area (Å²) in [4.78, 5) is 41.2. The Balaban J connectivity index is 1.64. The van der Waals surface area contributed by atoms with Crippen LogP contribution in [-0.2, 0) is 16.0 Å². The van der Waals surface area contributed by atoms with Crippen molar-refractivity contribution >= 4 is 35.0 Å². The number of hydrogen-bond donors (Lipinski definition) is 2.